The van der Waals surface area contributed by atoms with Crippen LogP contribution in [-0.4, -0.2) is 76.5 Å². The van der Waals surface area contributed by atoms with Gasteiger partial charge in [0, 0.05) is 32.2 Å². The van der Waals surface area contributed by atoms with Crippen LogP contribution in [0.2, 0.25) is 0 Å². The van der Waals surface area contributed by atoms with Gasteiger partial charge in [-0.3, -0.25) is 9.69 Å². The lowest BCUT2D eigenvalue weighted by Crippen LogP contribution is -2.53. The predicted octanol–water partition coefficient (Wildman–Crippen LogP) is 1.13. The molecular formula is C16H22F3N5O4. The molecule has 1 aromatic heterocycles. The van der Waals surface area contributed by atoms with Gasteiger partial charge in [-0.2, -0.15) is 13.2 Å². The molecule has 0 aromatic carbocycles. The number of ether oxygens (including phenoxy) is 2. The monoisotopic (exact) mass is 405 g/mol. The smallest absolute Gasteiger partial charge is 0.451 e. The minimum absolute atomic E-state index is 0.0998. The Hall–Kier alpha value is -2.37. The SMILES string of the molecule is COC(=O)[C@H]1CCN(C(=O)OC)[C@H](CN2CCn3c(nnc3C(F)(F)F)C2)C1. The fourth-order valence-corrected chi connectivity index (χ4v) is 3.83. The van der Waals surface area contributed by atoms with Crippen molar-refractivity contribution >= 4 is 12.1 Å². The number of amides is 1. The van der Waals surface area contributed by atoms with E-state index in [0.29, 0.717) is 32.5 Å². The number of halogens is 3. The highest BCUT2D eigenvalue weighted by Gasteiger charge is 2.41. The Morgan fingerprint density at radius 3 is 2.54 bits per heavy atom. The van der Waals surface area contributed by atoms with Gasteiger partial charge in [-0.05, 0) is 12.8 Å². The summed E-state index contributed by atoms with van der Waals surface area (Å²) < 4.78 is 49.6. The van der Waals surface area contributed by atoms with Crippen molar-refractivity contribution in [3.05, 3.63) is 11.6 Å². The summed E-state index contributed by atoms with van der Waals surface area (Å²) in [4.78, 5) is 27.5. The Morgan fingerprint density at radius 1 is 1.14 bits per heavy atom. The topological polar surface area (TPSA) is 89.8 Å². The van der Waals surface area contributed by atoms with Crippen molar-refractivity contribution in [2.24, 2.45) is 5.92 Å². The molecule has 3 rings (SSSR count). The molecule has 2 aliphatic rings. The highest BCUT2D eigenvalue weighted by molar-refractivity contribution is 5.73. The maximum absolute atomic E-state index is 13.0. The second-order valence-corrected chi connectivity index (χ2v) is 6.89. The molecule has 156 valence electrons. The van der Waals surface area contributed by atoms with Crippen LogP contribution in [0.25, 0.3) is 0 Å². The van der Waals surface area contributed by atoms with Gasteiger partial charge in [0.2, 0.25) is 5.82 Å². The molecule has 2 aliphatic heterocycles. The molecule has 1 amide bonds. The van der Waals surface area contributed by atoms with Crippen LogP contribution in [0, 0.1) is 5.92 Å². The van der Waals surface area contributed by atoms with Gasteiger partial charge in [0.25, 0.3) is 0 Å². The standard InChI is InChI=1S/C16H22F3N5O4/c1-27-13(25)10-3-4-23(15(26)28-2)11(7-10)8-22-5-6-24-12(9-22)20-21-14(24)16(17,18)19/h10-11H,3-9H2,1-2H3/t10-,11-/m0/s1. The number of carbonyl (C=O) groups excluding carboxylic acids is 2. The number of rotatable bonds is 3. The van der Waals surface area contributed by atoms with Crippen molar-refractivity contribution in [3.8, 4) is 0 Å². The van der Waals surface area contributed by atoms with Crippen LogP contribution in [-0.2, 0) is 33.5 Å². The molecular weight excluding hydrogens is 383 g/mol. The lowest BCUT2D eigenvalue weighted by atomic mass is 9.90. The van der Waals surface area contributed by atoms with E-state index in [4.69, 9.17) is 9.47 Å². The van der Waals surface area contributed by atoms with Crippen LogP contribution in [0.15, 0.2) is 0 Å². The van der Waals surface area contributed by atoms with Gasteiger partial charge in [-0.1, -0.05) is 0 Å². The van der Waals surface area contributed by atoms with Crippen molar-refractivity contribution in [3.63, 3.8) is 0 Å². The number of esters is 1. The zero-order valence-electron chi connectivity index (χ0n) is 15.6. The van der Waals surface area contributed by atoms with Gasteiger partial charge < -0.3 is 18.9 Å². The van der Waals surface area contributed by atoms with Gasteiger partial charge in [0.05, 0.1) is 26.7 Å². The van der Waals surface area contributed by atoms with E-state index in [0.717, 1.165) is 4.57 Å². The van der Waals surface area contributed by atoms with E-state index in [2.05, 4.69) is 10.2 Å². The molecule has 28 heavy (non-hydrogen) atoms. The van der Waals surface area contributed by atoms with Gasteiger partial charge >= 0.3 is 18.2 Å². The van der Waals surface area contributed by atoms with Crippen LogP contribution >= 0.6 is 0 Å². The number of alkyl halides is 3. The number of fused-ring (bicyclic) bond motifs is 1. The Balaban J connectivity index is 1.72. The third kappa shape index (κ3) is 4.05. The quantitative estimate of drug-likeness (QED) is 0.697. The van der Waals surface area contributed by atoms with E-state index in [1.54, 1.807) is 4.90 Å². The number of nitrogens with zero attached hydrogens (tertiary/aromatic N) is 5. The largest absolute Gasteiger partial charge is 0.469 e. The number of hydrogen-bond donors (Lipinski definition) is 0. The Labute approximate surface area is 159 Å². The van der Waals surface area contributed by atoms with E-state index >= 15 is 0 Å². The van der Waals surface area contributed by atoms with E-state index in [-0.39, 0.29) is 36.8 Å². The lowest BCUT2D eigenvalue weighted by molar-refractivity contribution is -0.148. The zero-order chi connectivity index (χ0) is 20.5. The van der Waals surface area contributed by atoms with Gasteiger partial charge in [0.1, 0.15) is 5.82 Å². The third-order valence-electron chi connectivity index (χ3n) is 5.21. The molecule has 0 saturated carbocycles. The van der Waals surface area contributed by atoms with Crippen molar-refractivity contribution in [2.75, 3.05) is 33.9 Å². The van der Waals surface area contributed by atoms with Crippen molar-refractivity contribution < 1.29 is 32.2 Å². The molecule has 0 aliphatic carbocycles. The summed E-state index contributed by atoms with van der Waals surface area (Å²) in [6.07, 6.45) is -4.17. The van der Waals surface area contributed by atoms with Crippen molar-refractivity contribution in [1.29, 1.82) is 0 Å². The molecule has 9 nitrogen and oxygen atoms in total. The molecule has 2 atom stereocenters. The number of carbonyl (C=O) groups is 2. The first kappa shape index (κ1) is 20.4. The summed E-state index contributed by atoms with van der Waals surface area (Å²) in [7, 11) is 2.60. The Bertz CT molecular complexity index is 738. The maximum Gasteiger partial charge on any atom is 0.451 e. The van der Waals surface area contributed by atoms with E-state index in [9.17, 15) is 22.8 Å². The molecule has 12 heteroatoms. The third-order valence-corrected chi connectivity index (χ3v) is 5.21. The normalized spacial score (nSPS) is 23.2. The van der Waals surface area contributed by atoms with E-state index in [1.165, 1.54) is 14.2 Å². The minimum Gasteiger partial charge on any atom is -0.469 e. The highest BCUT2D eigenvalue weighted by atomic mass is 19.4. The first-order valence-electron chi connectivity index (χ1n) is 8.88. The number of likely N-dealkylation sites (tertiary alicyclic amines) is 1. The van der Waals surface area contributed by atoms with E-state index < -0.39 is 18.1 Å². The van der Waals surface area contributed by atoms with Crippen LogP contribution in [0.3, 0.4) is 0 Å². The van der Waals surface area contributed by atoms with Crippen molar-refractivity contribution in [1.82, 2.24) is 24.6 Å². The molecule has 0 spiro atoms. The minimum atomic E-state index is -4.55. The first-order valence-corrected chi connectivity index (χ1v) is 8.88. The predicted molar refractivity (Wildman–Crippen MR) is 87.9 cm³/mol. The summed E-state index contributed by atoms with van der Waals surface area (Å²) in [5, 5.41) is 6.93. The fraction of sp³-hybridized carbons (Fsp3) is 0.750. The van der Waals surface area contributed by atoms with Crippen molar-refractivity contribution in [2.45, 2.75) is 38.1 Å². The molecule has 0 radical (unpaired) electrons. The molecule has 0 unspecified atom stereocenters. The lowest BCUT2D eigenvalue weighted by Gasteiger charge is -2.40. The first-order chi connectivity index (χ1) is 13.2. The van der Waals surface area contributed by atoms with Crippen LogP contribution < -0.4 is 0 Å². The maximum atomic E-state index is 13.0. The number of hydrogen-bond acceptors (Lipinski definition) is 7. The van der Waals surface area contributed by atoms with E-state index in [1.807, 2.05) is 4.90 Å². The van der Waals surface area contributed by atoms with Gasteiger partial charge in [-0.15, -0.1) is 10.2 Å². The van der Waals surface area contributed by atoms with Crippen LogP contribution in [0.4, 0.5) is 18.0 Å². The number of methoxy groups -OCH3 is 2. The molecule has 1 fully saturated rings. The molecule has 1 aromatic rings. The Kier molecular flexibility index (Phi) is 5.77. The molecule has 1 saturated heterocycles. The highest BCUT2D eigenvalue weighted by Crippen LogP contribution is 2.30. The van der Waals surface area contributed by atoms with Gasteiger partial charge in [0.15, 0.2) is 0 Å². The second-order valence-electron chi connectivity index (χ2n) is 6.89. The van der Waals surface area contributed by atoms with Gasteiger partial charge in [-0.25, -0.2) is 4.79 Å². The summed E-state index contributed by atoms with van der Waals surface area (Å²) >= 11 is 0. The molecule has 0 N–H and O–H groups in total. The Morgan fingerprint density at radius 2 is 1.89 bits per heavy atom. The number of piperidine rings is 1. The second kappa shape index (κ2) is 7.94. The van der Waals surface area contributed by atoms with Crippen LogP contribution in [0.1, 0.15) is 24.5 Å². The van der Waals surface area contributed by atoms with Crippen LogP contribution in [0.5, 0.6) is 0 Å². The summed E-state index contributed by atoms with van der Waals surface area (Å²) in [5.74, 6) is -1.44. The molecule has 3 heterocycles. The summed E-state index contributed by atoms with van der Waals surface area (Å²) in [5.41, 5.74) is 0. The summed E-state index contributed by atoms with van der Waals surface area (Å²) in [6.45, 7) is 1.36. The summed E-state index contributed by atoms with van der Waals surface area (Å²) in [6, 6.07) is -0.318. The fourth-order valence-electron chi connectivity index (χ4n) is 3.83. The average Bonchev–Trinajstić information content (AvgIpc) is 3.10. The average molecular weight is 405 g/mol. The number of aromatic nitrogens is 3. The zero-order valence-corrected chi connectivity index (χ0v) is 15.6. The molecule has 0 bridgehead atoms.